The van der Waals surface area contributed by atoms with Crippen molar-refractivity contribution < 1.29 is 9.90 Å². The zero-order chi connectivity index (χ0) is 12.5. The van der Waals surface area contributed by atoms with Gasteiger partial charge in [0.1, 0.15) is 5.69 Å². The molecule has 0 atom stereocenters. The number of carbonyl (C=O) groups excluding carboxylic acids is 1. The van der Waals surface area contributed by atoms with E-state index in [1.54, 1.807) is 0 Å². The second kappa shape index (κ2) is 4.76. The van der Waals surface area contributed by atoms with Crippen LogP contribution in [0.25, 0.3) is 0 Å². The number of hydrogen-bond acceptors (Lipinski definition) is 2. The first kappa shape index (κ1) is 11.8. The number of amides is 1. The molecule has 0 saturated heterocycles. The quantitative estimate of drug-likeness (QED) is 0.863. The zero-order valence-electron chi connectivity index (χ0n) is 10.6. The lowest BCUT2D eigenvalue weighted by Crippen LogP contribution is -2.46. The number of nitrogens with zero attached hydrogens (tertiary/aromatic N) is 2. The van der Waals surface area contributed by atoms with E-state index < -0.39 is 0 Å². The van der Waals surface area contributed by atoms with Gasteiger partial charge in [-0.25, -0.2) is 0 Å². The fourth-order valence-corrected chi connectivity index (χ4v) is 2.65. The number of aliphatic hydroxyl groups is 1. The molecule has 1 N–H and O–H groups in total. The summed E-state index contributed by atoms with van der Waals surface area (Å²) in [6.45, 7) is 0.506. The van der Waals surface area contributed by atoms with Gasteiger partial charge in [-0.1, -0.05) is 0 Å². The van der Waals surface area contributed by atoms with E-state index >= 15 is 0 Å². The highest BCUT2D eigenvalue weighted by molar-refractivity contribution is 5.93. The molecule has 3 rings (SSSR count). The van der Waals surface area contributed by atoms with Crippen LogP contribution in [0.1, 0.15) is 48.6 Å². The zero-order valence-corrected chi connectivity index (χ0v) is 10.6. The van der Waals surface area contributed by atoms with Crippen LogP contribution in [0, 0.1) is 0 Å². The van der Waals surface area contributed by atoms with E-state index in [1.807, 2.05) is 23.2 Å². The fourth-order valence-electron chi connectivity index (χ4n) is 2.65. The summed E-state index contributed by atoms with van der Waals surface area (Å²) < 4.78 is 2.10. The lowest BCUT2D eigenvalue weighted by Gasteiger charge is -2.37. The lowest BCUT2D eigenvalue weighted by atomic mass is 9.91. The predicted molar refractivity (Wildman–Crippen MR) is 68.5 cm³/mol. The normalized spacial score (nSPS) is 19.6. The Morgan fingerprint density at radius 1 is 1.39 bits per heavy atom. The average Bonchev–Trinajstić information content (AvgIpc) is 3.03. The first-order valence-electron chi connectivity index (χ1n) is 6.90. The van der Waals surface area contributed by atoms with Crippen LogP contribution < -0.4 is 0 Å². The van der Waals surface area contributed by atoms with E-state index in [4.69, 9.17) is 5.11 Å². The third-order valence-electron chi connectivity index (χ3n) is 4.06. The summed E-state index contributed by atoms with van der Waals surface area (Å²) in [7, 11) is 0. The van der Waals surface area contributed by atoms with Crippen LogP contribution in [0.2, 0.25) is 0 Å². The van der Waals surface area contributed by atoms with Gasteiger partial charge in [0, 0.05) is 24.8 Å². The SMILES string of the molecule is O=C(c1cccn1C1CC1)N(CCO)C1CCC1. The van der Waals surface area contributed by atoms with Gasteiger partial charge in [0.15, 0.2) is 0 Å². The fraction of sp³-hybridized carbons (Fsp3) is 0.643. The molecule has 1 aromatic rings. The summed E-state index contributed by atoms with van der Waals surface area (Å²) in [4.78, 5) is 14.4. The van der Waals surface area contributed by atoms with Crippen LogP contribution in [0.15, 0.2) is 18.3 Å². The Labute approximate surface area is 107 Å². The Kier molecular flexibility index (Phi) is 3.12. The summed E-state index contributed by atoms with van der Waals surface area (Å²) in [6.07, 6.45) is 7.72. The standard InChI is InChI=1S/C14H20N2O2/c17-10-9-16(11-3-1-4-11)14(18)13-5-2-8-15(13)12-6-7-12/h2,5,8,11-12,17H,1,3-4,6-7,9-10H2. The maximum atomic E-state index is 12.6. The molecule has 2 saturated carbocycles. The van der Waals surface area contributed by atoms with E-state index in [1.165, 1.54) is 19.3 Å². The van der Waals surface area contributed by atoms with Gasteiger partial charge in [0.05, 0.1) is 6.61 Å². The number of aliphatic hydroxyl groups excluding tert-OH is 1. The summed E-state index contributed by atoms with van der Waals surface area (Å²) in [5.74, 6) is 0.0886. The van der Waals surface area contributed by atoms with Crippen LogP contribution in [0.5, 0.6) is 0 Å². The molecule has 0 radical (unpaired) electrons. The minimum atomic E-state index is 0.0480. The molecule has 0 unspecified atom stereocenters. The average molecular weight is 248 g/mol. The molecule has 18 heavy (non-hydrogen) atoms. The second-order valence-electron chi connectivity index (χ2n) is 5.34. The van der Waals surface area contributed by atoms with Crippen LogP contribution in [-0.2, 0) is 0 Å². The molecule has 2 fully saturated rings. The maximum absolute atomic E-state index is 12.6. The van der Waals surface area contributed by atoms with Crippen molar-refractivity contribution >= 4 is 5.91 Å². The Morgan fingerprint density at radius 3 is 2.72 bits per heavy atom. The number of hydrogen-bond donors (Lipinski definition) is 1. The maximum Gasteiger partial charge on any atom is 0.270 e. The van der Waals surface area contributed by atoms with Gasteiger partial charge < -0.3 is 14.6 Å². The first-order valence-corrected chi connectivity index (χ1v) is 6.90. The predicted octanol–water partition coefficient (Wildman–Crippen LogP) is 1.81. The van der Waals surface area contributed by atoms with Gasteiger partial charge in [-0.2, -0.15) is 0 Å². The third kappa shape index (κ3) is 2.05. The molecule has 1 aromatic heterocycles. The summed E-state index contributed by atoms with van der Waals surface area (Å²) >= 11 is 0. The molecule has 1 heterocycles. The van der Waals surface area contributed by atoms with Gasteiger partial charge in [0.25, 0.3) is 5.91 Å². The van der Waals surface area contributed by atoms with Crippen molar-refractivity contribution in [3.63, 3.8) is 0 Å². The van der Waals surface area contributed by atoms with Crippen molar-refractivity contribution in [3.8, 4) is 0 Å². The van der Waals surface area contributed by atoms with Gasteiger partial charge in [0.2, 0.25) is 0 Å². The molecule has 0 bridgehead atoms. The molecule has 4 heteroatoms. The van der Waals surface area contributed by atoms with E-state index in [-0.39, 0.29) is 12.5 Å². The van der Waals surface area contributed by atoms with Crippen molar-refractivity contribution in [3.05, 3.63) is 24.0 Å². The molecule has 1 amide bonds. The summed E-state index contributed by atoms with van der Waals surface area (Å²) in [5.41, 5.74) is 0.790. The summed E-state index contributed by atoms with van der Waals surface area (Å²) in [5, 5.41) is 9.14. The topological polar surface area (TPSA) is 45.5 Å². The highest BCUT2D eigenvalue weighted by atomic mass is 16.3. The molecule has 0 spiro atoms. The van der Waals surface area contributed by atoms with Gasteiger partial charge >= 0.3 is 0 Å². The first-order chi connectivity index (χ1) is 8.81. The molecular weight excluding hydrogens is 228 g/mol. The van der Waals surface area contributed by atoms with Crippen LogP contribution in [0.3, 0.4) is 0 Å². The van der Waals surface area contributed by atoms with Crippen LogP contribution in [0.4, 0.5) is 0 Å². The highest BCUT2D eigenvalue weighted by Gasteiger charge is 2.32. The number of aromatic nitrogens is 1. The number of rotatable bonds is 5. The van der Waals surface area contributed by atoms with E-state index in [0.717, 1.165) is 18.5 Å². The Hall–Kier alpha value is -1.29. The van der Waals surface area contributed by atoms with E-state index in [2.05, 4.69) is 4.57 Å². The molecule has 4 nitrogen and oxygen atoms in total. The van der Waals surface area contributed by atoms with Crippen molar-refractivity contribution in [2.75, 3.05) is 13.2 Å². The van der Waals surface area contributed by atoms with Gasteiger partial charge in [-0.05, 0) is 44.2 Å². The van der Waals surface area contributed by atoms with Crippen molar-refractivity contribution in [2.24, 2.45) is 0 Å². The molecule has 2 aliphatic carbocycles. The van der Waals surface area contributed by atoms with Crippen LogP contribution in [-0.4, -0.2) is 39.7 Å². The monoisotopic (exact) mass is 248 g/mol. The largest absolute Gasteiger partial charge is 0.395 e. The third-order valence-corrected chi connectivity index (χ3v) is 4.06. The summed E-state index contributed by atoms with van der Waals surface area (Å²) in [6, 6.07) is 4.72. The molecule has 98 valence electrons. The smallest absolute Gasteiger partial charge is 0.270 e. The minimum absolute atomic E-state index is 0.0480. The van der Waals surface area contributed by atoms with E-state index in [0.29, 0.717) is 18.6 Å². The van der Waals surface area contributed by atoms with Crippen molar-refractivity contribution in [1.82, 2.24) is 9.47 Å². The Morgan fingerprint density at radius 2 is 2.17 bits per heavy atom. The molecule has 0 aliphatic heterocycles. The second-order valence-corrected chi connectivity index (χ2v) is 5.34. The molecule has 0 aromatic carbocycles. The molecular formula is C14H20N2O2. The van der Waals surface area contributed by atoms with E-state index in [9.17, 15) is 4.79 Å². The minimum Gasteiger partial charge on any atom is -0.395 e. The Balaban J connectivity index is 1.79. The van der Waals surface area contributed by atoms with Gasteiger partial charge in [-0.15, -0.1) is 0 Å². The Bertz CT molecular complexity index is 433. The van der Waals surface area contributed by atoms with Crippen LogP contribution >= 0.6 is 0 Å². The van der Waals surface area contributed by atoms with Crippen molar-refractivity contribution in [2.45, 2.75) is 44.2 Å². The van der Waals surface area contributed by atoms with Crippen molar-refractivity contribution in [1.29, 1.82) is 0 Å². The molecule has 2 aliphatic rings. The van der Waals surface area contributed by atoms with Gasteiger partial charge in [-0.3, -0.25) is 4.79 Å². The number of carbonyl (C=O) groups is 1. The highest BCUT2D eigenvalue weighted by Crippen LogP contribution is 2.36. The lowest BCUT2D eigenvalue weighted by molar-refractivity contribution is 0.0515.